The fourth-order valence-corrected chi connectivity index (χ4v) is 2.87. The molecule has 6 nitrogen and oxygen atoms in total. The standard InChI is InChI=1S/C17H23FN2O4/c1-11(2)16(17(21)24-13-5-3-4-6-13)19-10-12-7-8-14(18)15(9-12)20(22)23/h7-9,11,13,16,19H,3-6,10H2,1-2H3. The molecule has 1 fully saturated rings. The van der Waals surface area contributed by atoms with E-state index in [1.54, 1.807) is 0 Å². The van der Waals surface area contributed by atoms with Crippen molar-refractivity contribution >= 4 is 11.7 Å². The van der Waals surface area contributed by atoms with Crippen LogP contribution in [0.3, 0.4) is 0 Å². The fraction of sp³-hybridized carbons (Fsp3) is 0.588. The molecule has 1 atom stereocenters. The lowest BCUT2D eigenvalue weighted by atomic mass is 10.0. The molecule has 1 aliphatic rings. The van der Waals surface area contributed by atoms with Gasteiger partial charge in [0.15, 0.2) is 0 Å². The van der Waals surface area contributed by atoms with E-state index in [0.29, 0.717) is 5.56 Å². The Kier molecular flexibility index (Phi) is 6.25. The number of hydrogen-bond donors (Lipinski definition) is 1. The smallest absolute Gasteiger partial charge is 0.323 e. The zero-order chi connectivity index (χ0) is 17.7. The number of carbonyl (C=O) groups excluding carboxylic acids is 1. The molecule has 1 saturated carbocycles. The first-order valence-electron chi connectivity index (χ1n) is 8.25. The number of nitrogens with zero attached hydrogens (tertiary/aromatic N) is 1. The van der Waals surface area contributed by atoms with Crippen LogP contribution in [-0.2, 0) is 16.1 Å². The van der Waals surface area contributed by atoms with Crippen LogP contribution >= 0.6 is 0 Å². The van der Waals surface area contributed by atoms with E-state index in [-0.39, 0.29) is 24.5 Å². The van der Waals surface area contributed by atoms with E-state index in [1.807, 2.05) is 13.8 Å². The van der Waals surface area contributed by atoms with E-state index in [9.17, 15) is 19.3 Å². The maximum absolute atomic E-state index is 13.4. The zero-order valence-corrected chi connectivity index (χ0v) is 14.0. The van der Waals surface area contributed by atoms with Gasteiger partial charge in [-0.15, -0.1) is 0 Å². The van der Waals surface area contributed by atoms with Gasteiger partial charge in [0, 0.05) is 12.6 Å². The Morgan fingerprint density at radius 2 is 2.08 bits per heavy atom. The Morgan fingerprint density at radius 3 is 2.67 bits per heavy atom. The number of halogens is 1. The lowest BCUT2D eigenvalue weighted by Gasteiger charge is -2.23. The van der Waals surface area contributed by atoms with Crippen LogP contribution in [0.2, 0.25) is 0 Å². The van der Waals surface area contributed by atoms with Crippen LogP contribution in [0.15, 0.2) is 18.2 Å². The van der Waals surface area contributed by atoms with Crippen molar-refractivity contribution in [3.63, 3.8) is 0 Å². The summed E-state index contributed by atoms with van der Waals surface area (Å²) in [5.41, 5.74) is -0.0219. The van der Waals surface area contributed by atoms with Gasteiger partial charge in [-0.05, 0) is 43.2 Å². The largest absolute Gasteiger partial charge is 0.461 e. The van der Waals surface area contributed by atoms with Gasteiger partial charge in [0.2, 0.25) is 5.82 Å². The summed E-state index contributed by atoms with van der Waals surface area (Å²) in [4.78, 5) is 22.4. The summed E-state index contributed by atoms with van der Waals surface area (Å²) in [6.07, 6.45) is 3.96. The lowest BCUT2D eigenvalue weighted by Crippen LogP contribution is -2.42. The molecule has 1 aromatic rings. The van der Waals surface area contributed by atoms with Crippen LogP contribution in [-0.4, -0.2) is 23.0 Å². The molecule has 2 rings (SSSR count). The van der Waals surface area contributed by atoms with Crippen LogP contribution in [0.1, 0.15) is 45.1 Å². The number of hydrogen-bond acceptors (Lipinski definition) is 5. The number of nitro benzene ring substituents is 1. The average molecular weight is 338 g/mol. The van der Waals surface area contributed by atoms with Crippen molar-refractivity contribution in [1.29, 1.82) is 0 Å². The van der Waals surface area contributed by atoms with Crippen molar-refractivity contribution in [2.24, 2.45) is 5.92 Å². The number of benzene rings is 1. The van der Waals surface area contributed by atoms with E-state index in [4.69, 9.17) is 4.74 Å². The molecule has 1 aromatic carbocycles. The summed E-state index contributed by atoms with van der Waals surface area (Å²) in [6, 6.07) is 3.21. The summed E-state index contributed by atoms with van der Waals surface area (Å²) >= 11 is 0. The number of esters is 1. The van der Waals surface area contributed by atoms with Gasteiger partial charge in [-0.25, -0.2) is 0 Å². The normalized spacial score (nSPS) is 16.3. The van der Waals surface area contributed by atoms with Gasteiger partial charge in [0.25, 0.3) is 0 Å². The molecule has 7 heteroatoms. The van der Waals surface area contributed by atoms with Gasteiger partial charge in [-0.2, -0.15) is 4.39 Å². The molecule has 0 spiro atoms. The molecule has 0 aromatic heterocycles. The minimum Gasteiger partial charge on any atom is -0.461 e. The number of nitrogens with one attached hydrogen (secondary N) is 1. The van der Waals surface area contributed by atoms with E-state index in [2.05, 4.69) is 5.32 Å². The van der Waals surface area contributed by atoms with Gasteiger partial charge in [0.05, 0.1) is 4.92 Å². The summed E-state index contributed by atoms with van der Waals surface area (Å²) < 4.78 is 18.9. The third-order valence-corrected chi connectivity index (χ3v) is 4.24. The molecular weight excluding hydrogens is 315 g/mol. The minimum absolute atomic E-state index is 0.00698. The minimum atomic E-state index is -0.871. The third kappa shape index (κ3) is 4.74. The van der Waals surface area contributed by atoms with Crippen LogP contribution in [0, 0.1) is 21.8 Å². The van der Waals surface area contributed by atoms with Crippen molar-refractivity contribution in [1.82, 2.24) is 5.32 Å². The van der Waals surface area contributed by atoms with Crippen LogP contribution < -0.4 is 5.32 Å². The Bertz CT molecular complexity index is 600. The van der Waals surface area contributed by atoms with Gasteiger partial charge in [-0.3, -0.25) is 14.9 Å². The Morgan fingerprint density at radius 1 is 1.42 bits per heavy atom. The van der Waals surface area contributed by atoms with Crippen LogP contribution in [0.5, 0.6) is 0 Å². The number of carbonyl (C=O) groups is 1. The highest BCUT2D eigenvalue weighted by Crippen LogP contribution is 2.22. The number of nitro groups is 1. The fourth-order valence-electron chi connectivity index (χ4n) is 2.87. The summed E-state index contributed by atoms with van der Waals surface area (Å²) in [6.45, 7) is 4.03. The second kappa shape index (κ2) is 8.19. The highest BCUT2D eigenvalue weighted by Gasteiger charge is 2.27. The van der Waals surface area contributed by atoms with Crippen molar-refractivity contribution < 1.29 is 18.8 Å². The first-order valence-corrected chi connectivity index (χ1v) is 8.25. The number of ether oxygens (including phenoxy) is 1. The Balaban J connectivity index is 1.99. The van der Waals surface area contributed by atoms with Crippen molar-refractivity contribution in [3.05, 3.63) is 39.7 Å². The molecule has 1 N–H and O–H groups in total. The van der Waals surface area contributed by atoms with Gasteiger partial charge >= 0.3 is 11.7 Å². The summed E-state index contributed by atoms with van der Waals surface area (Å²) in [5.74, 6) is -1.16. The Hall–Kier alpha value is -2.02. The molecule has 0 aliphatic heterocycles. The van der Waals surface area contributed by atoms with Crippen molar-refractivity contribution in [3.8, 4) is 0 Å². The molecule has 0 heterocycles. The predicted molar refractivity (Wildman–Crippen MR) is 86.9 cm³/mol. The first kappa shape index (κ1) is 18.3. The molecule has 0 radical (unpaired) electrons. The molecule has 1 aliphatic carbocycles. The molecule has 0 saturated heterocycles. The second-order valence-corrected chi connectivity index (χ2v) is 6.49. The van der Waals surface area contributed by atoms with Gasteiger partial charge < -0.3 is 10.1 Å². The lowest BCUT2D eigenvalue weighted by molar-refractivity contribution is -0.387. The topological polar surface area (TPSA) is 81.5 Å². The monoisotopic (exact) mass is 338 g/mol. The highest BCUT2D eigenvalue weighted by atomic mass is 19.1. The summed E-state index contributed by atoms with van der Waals surface area (Å²) in [7, 11) is 0. The third-order valence-electron chi connectivity index (χ3n) is 4.24. The van der Waals surface area contributed by atoms with Crippen molar-refractivity contribution in [2.45, 2.75) is 58.2 Å². The first-order chi connectivity index (χ1) is 11.4. The van der Waals surface area contributed by atoms with Crippen LogP contribution in [0.25, 0.3) is 0 Å². The zero-order valence-electron chi connectivity index (χ0n) is 14.0. The molecule has 0 bridgehead atoms. The van der Waals surface area contributed by atoms with Gasteiger partial charge in [0.1, 0.15) is 12.1 Å². The molecule has 24 heavy (non-hydrogen) atoms. The molecule has 1 unspecified atom stereocenters. The Labute approximate surface area is 140 Å². The second-order valence-electron chi connectivity index (χ2n) is 6.49. The molecular formula is C17H23FN2O4. The molecule has 0 amide bonds. The SMILES string of the molecule is CC(C)C(NCc1ccc(F)c([N+](=O)[O-])c1)C(=O)OC1CCCC1. The molecule has 132 valence electrons. The highest BCUT2D eigenvalue weighted by molar-refractivity contribution is 5.76. The van der Waals surface area contributed by atoms with E-state index in [1.165, 1.54) is 12.1 Å². The van der Waals surface area contributed by atoms with Crippen molar-refractivity contribution in [2.75, 3.05) is 0 Å². The summed E-state index contributed by atoms with van der Waals surface area (Å²) in [5, 5.41) is 13.9. The van der Waals surface area contributed by atoms with Gasteiger partial charge in [-0.1, -0.05) is 19.9 Å². The van der Waals surface area contributed by atoms with E-state index >= 15 is 0 Å². The predicted octanol–water partition coefficient (Wildman–Crippen LogP) is 3.33. The maximum Gasteiger partial charge on any atom is 0.323 e. The van der Waals surface area contributed by atoms with E-state index in [0.717, 1.165) is 31.7 Å². The average Bonchev–Trinajstić information content (AvgIpc) is 3.01. The van der Waals surface area contributed by atoms with Crippen LogP contribution in [0.4, 0.5) is 10.1 Å². The van der Waals surface area contributed by atoms with E-state index < -0.39 is 22.5 Å². The number of rotatable bonds is 7. The maximum atomic E-state index is 13.4. The quantitative estimate of drug-likeness (QED) is 0.468.